The van der Waals surface area contributed by atoms with Gasteiger partial charge in [0.1, 0.15) is 13.2 Å². The second-order valence-electron chi connectivity index (χ2n) is 3.90. The normalized spacial score (nSPS) is 14.3. The van der Waals surface area contributed by atoms with Crippen LogP contribution in [0.4, 0.5) is 0 Å². The molecule has 1 atom stereocenters. The number of fused-ring (bicyclic) bond motifs is 1. The van der Waals surface area contributed by atoms with Crippen LogP contribution in [0.15, 0.2) is 18.2 Å². The van der Waals surface area contributed by atoms with E-state index in [-0.39, 0.29) is 30.9 Å². The molecule has 3 N–H and O–H groups in total. The molecule has 0 bridgehead atoms. The standard InChI is InChI=1S/C12H16N2O3.ClH/c1-8(14-12(15)7-13)9-2-3-10-11(6-9)17-5-4-16-10;/h2-3,6,8H,4-5,7,13H2,1H3,(H,14,15);1H. The van der Waals surface area contributed by atoms with Gasteiger partial charge in [-0.05, 0) is 24.6 Å². The topological polar surface area (TPSA) is 73.6 Å². The summed E-state index contributed by atoms with van der Waals surface area (Å²) in [7, 11) is 0. The van der Waals surface area contributed by atoms with Crippen LogP contribution in [0.2, 0.25) is 0 Å². The molecule has 1 aromatic rings. The van der Waals surface area contributed by atoms with Crippen LogP contribution in [0.1, 0.15) is 18.5 Å². The Bertz CT molecular complexity index is 426. The quantitative estimate of drug-likeness (QED) is 0.861. The molecule has 0 fully saturated rings. The van der Waals surface area contributed by atoms with Crippen LogP contribution in [-0.2, 0) is 4.79 Å². The summed E-state index contributed by atoms with van der Waals surface area (Å²) in [5.74, 6) is 1.30. The number of carbonyl (C=O) groups is 1. The Balaban J connectivity index is 0.00000162. The van der Waals surface area contributed by atoms with E-state index in [1.807, 2.05) is 25.1 Å². The van der Waals surface area contributed by atoms with E-state index >= 15 is 0 Å². The van der Waals surface area contributed by atoms with Gasteiger partial charge in [0.25, 0.3) is 0 Å². The molecule has 1 aromatic carbocycles. The van der Waals surface area contributed by atoms with Crippen molar-refractivity contribution in [2.24, 2.45) is 5.73 Å². The predicted molar refractivity (Wildman–Crippen MR) is 70.3 cm³/mol. The summed E-state index contributed by atoms with van der Waals surface area (Å²) in [5, 5.41) is 2.79. The van der Waals surface area contributed by atoms with Crippen LogP contribution in [0, 0.1) is 0 Å². The first kappa shape index (κ1) is 14.6. The van der Waals surface area contributed by atoms with Crippen molar-refractivity contribution in [3.8, 4) is 11.5 Å². The van der Waals surface area contributed by atoms with E-state index in [9.17, 15) is 4.79 Å². The average Bonchev–Trinajstić information content (AvgIpc) is 2.38. The molecule has 1 unspecified atom stereocenters. The molecule has 0 saturated heterocycles. The fourth-order valence-electron chi connectivity index (χ4n) is 1.71. The summed E-state index contributed by atoms with van der Waals surface area (Å²) in [6.45, 7) is 3.03. The summed E-state index contributed by atoms with van der Waals surface area (Å²) >= 11 is 0. The molecule has 18 heavy (non-hydrogen) atoms. The molecule has 0 saturated carbocycles. The highest BCUT2D eigenvalue weighted by Gasteiger charge is 2.15. The van der Waals surface area contributed by atoms with E-state index in [2.05, 4.69) is 5.32 Å². The van der Waals surface area contributed by atoms with Crippen molar-refractivity contribution in [3.05, 3.63) is 23.8 Å². The van der Waals surface area contributed by atoms with E-state index in [4.69, 9.17) is 15.2 Å². The number of benzene rings is 1. The lowest BCUT2D eigenvalue weighted by atomic mass is 10.1. The number of nitrogens with one attached hydrogen (secondary N) is 1. The predicted octanol–water partition coefficient (Wildman–Crippen LogP) is 1.02. The van der Waals surface area contributed by atoms with Gasteiger partial charge < -0.3 is 20.5 Å². The van der Waals surface area contributed by atoms with Crippen LogP contribution in [0.3, 0.4) is 0 Å². The van der Waals surface area contributed by atoms with Crippen molar-refractivity contribution in [1.82, 2.24) is 5.32 Å². The molecule has 6 heteroatoms. The Labute approximate surface area is 112 Å². The van der Waals surface area contributed by atoms with E-state index in [0.717, 1.165) is 17.1 Å². The van der Waals surface area contributed by atoms with Gasteiger partial charge in [0.2, 0.25) is 5.91 Å². The minimum atomic E-state index is -0.174. The summed E-state index contributed by atoms with van der Waals surface area (Å²) in [6.07, 6.45) is 0. The van der Waals surface area contributed by atoms with Gasteiger partial charge in [-0.25, -0.2) is 0 Å². The van der Waals surface area contributed by atoms with Gasteiger partial charge in [0, 0.05) is 0 Å². The molecule has 0 aliphatic carbocycles. The first-order chi connectivity index (χ1) is 8.20. The second kappa shape index (κ2) is 6.47. The van der Waals surface area contributed by atoms with Crippen molar-refractivity contribution in [2.45, 2.75) is 13.0 Å². The van der Waals surface area contributed by atoms with E-state index in [0.29, 0.717) is 13.2 Å². The third-order valence-electron chi connectivity index (χ3n) is 2.63. The SMILES string of the molecule is CC(NC(=O)CN)c1ccc2c(c1)OCCO2.Cl. The van der Waals surface area contributed by atoms with Crippen LogP contribution in [0.5, 0.6) is 11.5 Å². The number of nitrogens with two attached hydrogens (primary N) is 1. The maximum Gasteiger partial charge on any atom is 0.234 e. The highest BCUT2D eigenvalue weighted by Crippen LogP contribution is 2.32. The zero-order chi connectivity index (χ0) is 12.3. The summed E-state index contributed by atoms with van der Waals surface area (Å²) < 4.78 is 10.9. The molecule has 1 aliphatic heterocycles. The van der Waals surface area contributed by atoms with Crippen molar-refractivity contribution >= 4 is 18.3 Å². The highest BCUT2D eigenvalue weighted by atomic mass is 35.5. The number of hydrogen-bond acceptors (Lipinski definition) is 4. The van der Waals surface area contributed by atoms with Gasteiger partial charge in [0.15, 0.2) is 11.5 Å². The zero-order valence-electron chi connectivity index (χ0n) is 10.1. The second-order valence-corrected chi connectivity index (χ2v) is 3.90. The lowest BCUT2D eigenvalue weighted by Crippen LogP contribution is -2.32. The molecule has 0 aromatic heterocycles. The number of ether oxygens (including phenoxy) is 2. The minimum Gasteiger partial charge on any atom is -0.486 e. The number of carbonyl (C=O) groups excluding carboxylic acids is 1. The van der Waals surface area contributed by atoms with Crippen molar-refractivity contribution in [1.29, 1.82) is 0 Å². The summed E-state index contributed by atoms with van der Waals surface area (Å²) in [5.41, 5.74) is 6.22. The smallest absolute Gasteiger partial charge is 0.234 e. The van der Waals surface area contributed by atoms with Crippen molar-refractivity contribution in [2.75, 3.05) is 19.8 Å². The largest absolute Gasteiger partial charge is 0.486 e. The molecule has 1 heterocycles. The number of amides is 1. The third-order valence-corrected chi connectivity index (χ3v) is 2.63. The van der Waals surface area contributed by atoms with Gasteiger partial charge >= 0.3 is 0 Å². The van der Waals surface area contributed by atoms with E-state index < -0.39 is 0 Å². The van der Waals surface area contributed by atoms with E-state index in [1.54, 1.807) is 0 Å². The number of halogens is 1. The monoisotopic (exact) mass is 272 g/mol. The Morgan fingerprint density at radius 2 is 2.06 bits per heavy atom. The Hall–Kier alpha value is -1.46. The molecule has 1 aliphatic rings. The molecular formula is C12H17ClN2O3. The number of rotatable bonds is 3. The van der Waals surface area contributed by atoms with Gasteiger partial charge in [-0.15, -0.1) is 12.4 Å². The molecule has 1 amide bonds. The molecule has 5 nitrogen and oxygen atoms in total. The lowest BCUT2D eigenvalue weighted by Gasteiger charge is -2.21. The van der Waals surface area contributed by atoms with Crippen LogP contribution < -0.4 is 20.5 Å². The third kappa shape index (κ3) is 3.27. The van der Waals surface area contributed by atoms with E-state index in [1.165, 1.54) is 0 Å². The Morgan fingerprint density at radius 1 is 1.39 bits per heavy atom. The lowest BCUT2D eigenvalue weighted by molar-refractivity contribution is -0.120. The minimum absolute atomic E-state index is 0. The maximum atomic E-state index is 11.2. The first-order valence-corrected chi connectivity index (χ1v) is 5.59. The fourth-order valence-corrected chi connectivity index (χ4v) is 1.71. The highest BCUT2D eigenvalue weighted by molar-refractivity contribution is 5.85. The number of hydrogen-bond donors (Lipinski definition) is 2. The Morgan fingerprint density at radius 3 is 2.72 bits per heavy atom. The van der Waals surface area contributed by atoms with Crippen molar-refractivity contribution < 1.29 is 14.3 Å². The van der Waals surface area contributed by atoms with Crippen LogP contribution >= 0.6 is 12.4 Å². The molecular weight excluding hydrogens is 256 g/mol. The maximum absolute atomic E-state index is 11.2. The summed E-state index contributed by atoms with van der Waals surface area (Å²) in [4.78, 5) is 11.2. The van der Waals surface area contributed by atoms with Crippen LogP contribution in [-0.4, -0.2) is 25.7 Å². The first-order valence-electron chi connectivity index (χ1n) is 5.59. The molecule has 0 spiro atoms. The molecule has 2 rings (SSSR count). The van der Waals surface area contributed by atoms with Crippen molar-refractivity contribution in [3.63, 3.8) is 0 Å². The Kier molecular flexibility index (Phi) is 5.25. The summed E-state index contributed by atoms with van der Waals surface area (Å²) in [6, 6.07) is 5.56. The van der Waals surface area contributed by atoms with Crippen LogP contribution in [0.25, 0.3) is 0 Å². The van der Waals surface area contributed by atoms with Gasteiger partial charge in [-0.1, -0.05) is 6.07 Å². The molecule has 0 radical (unpaired) electrons. The van der Waals surface area contributed by atoms with Gasteiger partial charge in [-0.3, -0.25) is 4.79 Å². The molecule has 100 valence electrons. The van der Waals surface area contributed by atoms with Gasteiger partial charge in [0.05, 0.1) is 12.6 Å². The van der Waals surface area contributed by atoms with Gasteiger partial charge in [-0.2, -0.15) is 0 Å². The average molecular weight is 273 g/mol. The zero-order valence-corrected chi connectivity index (χ0v) is 11.0. The fraction of sp³-hybridized carbons (Fsp3) is 0.417.